The topological polar surface area (TPSA) is 75.1 Å². The van der Waals surface area contributed by atoms with Crippen LogP contribution in [0, 0.1) is 13.8 Å². The van der Waals surface area contributed by atoms with Gasteiger partial charge in [-0.2, -0.15) is 0 Å². The van der Waals surface area contributed by atoms with Crippen LogP contribution in [0.15, 0.2) is 30.3 Å². The minimum Gasteiger partial charge on any atom is -0.480 e. The smallest absolute Gasteiger partial charge is 0.322 e. The maximum absolute atomic E-state index is 10.4. The van der Waals surface area contributed by atoms with Gasteiger partial charge in [0.05, 0.1) is 5.69 Å². The first-order valence-corrected chi connectivity index (χ1v) is 5.93. The van der Waals surface area contributed by atoms with Crippen molar-refractivity contribution in [1.82, 2.24) is 10.2 Å². The summed E-state index contributed by atoms with van der Waals surface area (Å²) in [5.74, 6) is -0.477. The van der Waals surface area contributed by atoms with Crippen molar-refractivity contribution in [1.29, 1.82) is 0 Å². The van der Waals surface area contributed by atoms with Crippen LogP contribution in [0.3, 0.4) is 0 Å². The van der Waals surface area contributed by atoms with Gasteiger partial charge in [0.1, 0.15) is 12.4 Å². The first-order chi connectivity index (χ1) is 9.06. The van der Waals surface area contributed by atoms with E-state index in [0.717, 1.165) is 11.3 Å². The Morgan fingerprint density at radius 3 is 2.53 bits per heavy atom. The first-order valence-electron chi connectivity index (χ1n) is 5.93. The van der Waals surface area contributed by atoms with Crippen LogP contribution in [-0.4, -0.2) is 27.8 Å². The molecule has 1 aromatic carbocycles. The van der Waals surface area contributed by atoms with Crippen LogP contribution in [0.4, 0.5) is 5.82 Å². The van der Waals surface area contributed by atoms with E-state index in [4.69, 9.17) is 5.11 Å². The summed E-state index contributed by atoms with van der Waals surface area (Å²) in [6, 6.07) is 9.64. The molecular weight excluding hydrogens is 242 g/mol. The predicted molar refractivity (Wildman–Crippen MR) is 73.1 cm³/mol. The van der Waals surface area contributed by atoms with Gasteiger partial charge in [-0.1, -0.05) is 12.1 Å². The summed E-state index contributed by atoms with van der Waals surface area (Å²) in [6.07, 6.45) is 0. The zero-order valence-electron chi connectivity index (χ0n) is 10.8. The number of anilines is 1. The van der Waals surface area contributed by atoms with E-state index in [-0.39, 0.29) is 6.54 Å². The van der Waals surface area contributed by atoms with E-state index in [1.807, 2.05) is 18.2 Å². The Labute approximate surface area is 111 Å². The quantitative estimate of drug-likeness (QED) is 0.878. The van der Waals surface area contributed by atoms with Gasteiger partial charge < -0.3 is 10.4 Å². The molecule has 2 aromatic rings. The van der Waals surface area contributed by atoms with Crippen molar-refractivity contribution >= 4 is 11.8 Å². The summed E-state index contributed by atoms with van der Waals surface area (Å²) in [5, 5.41) is 19.3. The molecule has 1 heterocycles. The Kier molecular flexibility index (Phi) is 3.75. The number of rotatable bonds is 4. The molecule has 0 amide bonds. The molecule has 0 aliphatic carbocycles. The molecule has 0 fully saturated rings. The molecule has 0 saturated heterocycles. The molecule has 0 bridgehead atoms. The molecule has 19 heavy (non-hydrogen) atoms. The molecule has 0 aliphatic rings. The standard InChI is InChI=1S/C14H15N3O2/c1-9-3-4-11(7-10(9)2)12-5-6-13(17-16-12)15-8-14(18)19/h3-7H,8H2,1-2H3,(H,15,17)(H,18,19). The van der Waals surface area contributed by atoms with Gasteiger partial charge in [-0.25, -0.2) is 0 Å². The zero-order valence-corrected chi connectivity index (χ0v) is 10.8. The highest BCUT2D eigenvalue weighted by atomic mass is 16.4. The molecule has 2 rings (SSSR count). The van der Waals surface area contributed by atoms with Crippen molar-refractivity contribution in [3.63, 3.8) is 0 Å². The Balaban J connectivity index is 2.17. The average Bonchev–Trinajstić information content (AvgIpc) is 2.40. The lowest BCUT2D eigenvalue weighted by atomic mass is 10.0. The van der Waals surface area contributed by atoms with Gasteiger partial charge >= 0.3 is 5.97 Å². The monoisotopic (exact) mass is 257 g/mol. The fraction of sp³-hybridized carbons (Fsp3) is 0.214. The molecule has 0 aliphatic heterocycles. The van der Waals surface area contributed by atoms with Crippen molar-refractivity contribution < 1.29 is 9.90 Å². The second-order valence-electron chi connectivity index (χ2n) is 4.35. The Morgan fingerprint density at radius 1 is 1.16 bits per heavy atom. The number of hydrogen-bond acceptors (Lipinski definition) is 4. The lowest BCUT2D eigenvalue weighted by molar-refractivity contribution is -0.134. The molecule has 2 N–H and O–H groups in total. The molecule has 0 radical (unpaired) electrons. The summed E-state index contributed by atoms with van der Waals surface area (Å²) >= 11 is 0. The fourth-order valence-electron chi connectivity index (χ4n) is 1.65. The van der Waals surface area contributed by atoms with Gasteiger partial charge in [-0.15, -0.1) is 10.2 Å². The van der Waals surface area contributed by atoms with Gasteiger partial charge in [0, 0.05) is 5.56 Å². The number of benzene rings is 1. The largest absolute Gasteiger partial charge is 0.480 e. The molecular formula is C14H15N3O2. The summed E-state index contributed by atoms with van der Waals surface area (Å²) < 4.78 is 0. The van der Waals surface area contributed by atoms with E-state index < -0.39 is 5.97 Å². The second-order valence-corrected chi connectivity index (χ2v) is 4.35. The number of carboxylic acid groups (broad SMARTS) is 1. The van der Waals surface area contributed by atoms with Gasteiger partial charge in [-0.3, -0.25) is 4.79 Å². The average molecular weight is 257 g/mol. The number of carboxylic acids is 1. The number of aryl methyl sites for hydroxylation is 2. The minimum atomic E-state index is -0.931. The SMILES string of the molecule is Cc1ccc(-c2ccc(NCC(=O)O)nn2)cc1C. The lowest BCUT2D eigenvalue weighted by Crippen LogP contribution is -2.13. The lowest BCUT2D eigenvalue weighted by Gasteiger charge is -2.05. The number of aromatic nitrogens is 2. The van der Waals surface area contributed by atoms with Crippen LogP contribution in [0.5, 0.6) is 0 Å². The van der Waals surface area contributed by atoms with Crippen molar-refractivity contribution in [2.75, 3.05) is 11.9 Å². The highest BCUT2D eigenvalue weighted by Crippen LogP contribution is 2.20. The molecule has 0 saturated carbocycles. The fourth-order valence-corrected chi connectivity index (χ4v) is 1.65. The van der Waals surface area contributed by atoms with Crippen molar-refractivity contribution in [2.24, 2.45) is 0 Å². The molecule has 1 aromatic heterocycles. The normalized spacial score (nSPS) is 10.2. The van der Waals surface area contributed by atoms with Crippen molar-refractivity contribution in [3.05, 3.63) is 41.5 Å². The number of aliphatic carboxylic acids is 1. The van der Waals surface area contributed by atoms with Gasteiger partial charge in [0.2, 0.25) is 0 Å². The molecule has 5 heteroatoms. The van der Waals surface area contributed by atoms with E-state index in [2.05, 4.69) is 35.4 Å². The summed E-state index contributed by atoms with van der Waals surface area (Å²) in [7, 11) is 0. The summed E-state index contributed by atoms with van der Waals surface area (Å²) in [6.45, 7) is 3.94. The highest BCUT2D eigenvalue weighted by molar-refractivity contribution is 5.72. The first kappa shape index (κ1) is 13.0. The van der Waals surface area contributed by atoms with Crippen LogP contribution in [0.25, 0.3) is 11.3 Å². The van der Waals surface area contributed by atoms with Gasteiger partial charge in [0.15, 0.2) is 0 Å². The maximum atomic E-state index is 10.4. The van der Waals surface area contributed by atoms with Crippen molar-refractivity contribution in [2.45, 2.75) is 13.8 Å². The maximum Gasteiger partial charge on any atom is 0.322 e. The van der Waals surface area contributed by atoms with E-state index in [1.54, 1.807) is 6.07 Å². The minimum absolute atomic E-state index is 0.169. The van der Waals surface area contributed by atoms with Crippen LogP contribution < -0.4 is 5.32 Å². The Hall–Kier alpha value is -2.43. The van der Waals surface area contributed by atoms with E-state index in [0.29, 0.717) is 5.82 Å². The Morgan fingerprint density at radius 2 is 1.95 bits per heavy atom. The molecule has 0 spiro atoms. The second kappa shape index (κ2) is 5.48. The van der Waals surface area contributed by atoms with E-state index >= 15 is 0 Å². The molecule has 0 atom stereocenters. The third kappa shape index (κ3) is 3.28. The van der Waals surface area contributed by atoms with Gasteiger partial charge in [-0.05, 0) is 43.2 Å². The predicted octanol–water partition coefficient (Wildman–Crippen LogP) is 2.26. The third-order valence-corrected chi connectivity index (χ3v) is 2.89. The number of carbonyl (C=O) groups is 1. The number of nitrogens with one attached hydrogen (secondary N) is 1. The van der Waals surface area contributed by atoms with Crippen LogP contribution in [-0.2, 0) is 4.79 Å². The van der Waals surface area contributed by atoms with E-state index in [9.17, 15) is 4.79 Å². The molecule has 98 valence electrons. The summed E-state index contributed by atoms with van der Waals surface area (Å²) in [4.78, 5) is 10.4. The third-order valence-electron chi connectivity index (χ3n) is 2.89. The molecule has 5 nitrogen and oxygen atoms in total. The van der Waals surface area contributed by atoms with Crippen LogP contribution in [0.1, 0.15) is 11.1 Å². The Bertz CT molecular complexity index is 594. The number of nitrogens with zero attached hydrogens (tertiary/aromatic N) is 2. The summed E-state index contributed by atoms with van der Waals surface area (Å²) in [5.41, 5.74) is 4.20. The van der Waals surface area contributed by atoms with Crippen LogP contribution in [0.2, 0.25) is 0 Å². The van der Waals surface area contributed by atoms with Crippen molar-refractivity contribution in [3.8, 4) is 11.3 Å². The van der Waals surface area contributed by atoms with E-state index in [1.165, 1.54) is 11.1 Å². The van der Waals surface area contributed by atoms with Crippen LogP contribution >= 0.6 is 0 Å². The number of hydrogen-bond donors (Lipinski definition) is 2. The molecule has 0 unspecified atom stereocenters. The van der Waals surface area contributed by atoms with Gasteiger partial charge in [0.25, 0.3) is 0 Å². The zero-order chi connectivity index (χ0) is 13.8. The highest BCUT2D eigenvalue weighted by Gasteiger charge is 2.03.